The van der Waals surface area contributed by atoms with Crippen molar-refractivity contribution in [2.75, 3.05) is 13.7 Å². The van der Waals surface area contributed by atoms with Crippen molar-refractivity contribution in [2.24, 2.45) is 0 Å². The molecule has 0 spiro atoms. The summed E-state index contributed by atoms with van der Waals surface area (Å²) in [5.74, 6) is -0.208. The van der Waals surface area contributed by atoms with Crippen LogP contribution in [-0.4, -0.2) is 30.6 Å². The molecule has 1 aromatic carbocycles. The van der Waals surface area contributed by atoms with E-state index >= 15 is 0 Å². The van der Waals surface area contributed by atoms with Gasteiger partial charge in [-0.1, -0.05) is 12.1 Å². The number of hydrogen-bond donors (Lipinski definition) is 1. The molecule has 1 N–H and O–H groups in total. The molecule has 0 saturated heterocycles. The van der Waals surface area contributed by atoms with E-state index in [1.807, 2.05) is 24.3 Å². The molecule has 1 heterocycles. The second-order valence-corrected chi connectivity index (χ2v) is 4.44. The van der Waals surface area contributed by atoms with Crippen LogP contribution >= 0.6 is 0 Å². The predicted molar refractivity (Wildman–Crippen MR) is 79.4 cm³/mol. The van der Waals surface area contributed by atoms with Gasteiger partial charge in [0.1, 0.15) is 5.75 Å². The molecular formula is C16H16N2O4. The number of carbonyl (C=O) groups excluding carboxylic acids is 2. The summed E-state index contributed by atoms with van der Waals surface area (Å²) in [5.41, 5.74) is 1.25. The van der Waals surface area contributed by atoms with Crippen LogP contribution in [0.4, 0.5) is 0 Å². The monoisotopic (exact) mass is 300 g/mol. The zero-order chi connectivity index (χ0) is 15.8. The molecule has 2 rings (SSSR count). The summed E-state index contributed by atoms with van der Waals surface area (Å²) >= 11 is 0. The standard InChI is InChI=1S/C16H16N2O4/c1-21-14-4-2-3-12(9-14)10-18-15(19)11-22-16(20)13-5-7-17-8-6-13/h2-9H,10-11H2,1H3,(H,18,19). The number of carbonyl (C=O) groups is 2. The van der Waals surface area contributed by atoms with E-state index in [-0.39, 0.29) is 12.5 Å². The van der Waals surface area contributed by atoms with E-state index < -0.39 is 5.97 Å². The van der Waals surface area contributed by atoms with Gasteiger partial charge in [-0.15, -0.1) is 0 Å². The van der Waals surface area contributed by atoms with E-state index in [9.17, 15) is 9.59 Å². The Bertz CT molecular complexity index is 644. The van der Waals surface area contributed by atoms with Crippen molar-refractivity contribution in [1.29, 1.82) is 0 Å². The molecule has 1 amide bonds. The fraction of sp³-hybridized carbons (Fsp3) is 0.188. The fourth-order valence-corrected chi connectivity index (χ4v) is 1.74. The Hall–Kier alpha value is -2.89. The maximum atomic E-state index is 11.7. The third-order valence-corrected chi connectivity index (χ3v) is 2.87. The first-order valence-electron chi connectivity index (χ1n) is 6.66. The summed E-state index contributed by atoms with van der Waals surface area (Å²) in [6.45, 7) is 0.00790. The first-order valence-corrected chi connectivity index (χ1v) is 6.66. The van der Waals surface area contributed by atoms with E-state index in [0.29, 0.717) is 12.1 Å². The molecule has 0 aliphatic rings. The lowest BCUT2D eigenvalue weighted by Crippen LogP contribution is -2.28. The van der Waals surface area contributed by atoms with Crippen molar-refractivity contribution in [3.8, 4) is 5.75 Å². The molecule has 2 aromatic rings. The van der Waals surface area contributed by atoms with Gasteiger partial charge in [-0.25, -0.2) is 4.79 Å². The van der Waals surface area contributed by atoms with Crippen molar-refractivity contribution < 1.29 is 19.1 Å². The number of nitrogens with one attached hydrogen (secondary N) is 1. The summed E-state index contributed by atoms with van der Waals surface area (Å²) in [4.78, 5) is 27.1. The number of hydrogen-bond acceptors (Lipinski definition) is 5. The largest absolute Gasteiger partial charge is 0.497 e. The number of methoxy groups -OCH3 is 1. The number of nitrogens with zero attached hydrogens (tertiary/aromatic N) is 1. The second kappa shape index (κ2) is 7.78. The summed E-state index contributed by atoms with van der Waals surface area (Å²) in [6, 6.07) is 10.4. The third kappa shape index (κ3) is 4.59. The lowest BCUT2D eigenvalue weighted by molar-refractivity contribution is -0.124. The van der Waals surface area contributed by atoms with Crippen molar-refractivity contribution in [2.45, 2.75) is 6.54 Å². The van der Waals surface area contributed by atoms with Crippen LogP contribution in [0.5, 0.6) is 5.75 Å². The Labute approximate surface area is 128 Å². The number of amides is 1. The number of rotatable bonds is 6. The Balaban J connectivity index is 1.77. The molecule has 1 aromatic heterocycles. The van der Waals surface area contributed by atoms with Crippen LogP contribution in [0.3, 0.4) is 0 Å². The van der Waals surface area contributed by atoms with Gasteiger partial charge in [0.25, 0.3) is 5.91 Å². The minimum Gasteiger partial charge on any atom is -0.497 e. The van der Waals surface area contributed by atoms with Crippen molar-refractivity contribution in [1.82, 2.24) is 10.3 Å². The molecular weight excluding hydrogens is 284 g/mol. The lowest BCUT2D eigenvalue weighted by Gasteiger charge is -2.07. The van der Waals surface area contributed by atoms with E-state index in [2.05, 4.69) is 10.3 Å². The van der Waals surface area contributed by atoms with Crippen molar-refractivity contribution >= 4 is 11.9 Å². The summed E-state index contributed by atoms with van der Waals surface area (Å²) in [6.07, 6.45) is 2.97. The van der Waals surface area contributed by atoms with Crippen LogP contribution in [0.2, 0.25) is 0 Å². The van der Waals surface area contributed by atoms with Crippen LogP contribution in [0.25, 0.3) is 0 Å². The Morgan fingerprint density at radius 3 is 2.68 bits per heavy atom. The molecule has 114 valence electrons. The summed E-state index contributed by atoms with van der Waals surface area (Å²) in [5, 5.41) is 2.67. The molecule has 22 heavy (non-hydrogen) atoms. The quantitative estimate of drug-likeness (QED) is 0.819. The number of esters is 1. The SMILES string of the molecule is COc1cccc(CNC(=O)COC(=O)c2ccncc2)c1. The second-order valence-electron chi connectivity index (χ2n) is 4.44. The molecule has 0 aliphatic carbocycles. The normalized spacial score (nSPS) is 9.86. The van der Waals surface area contributed by atoms with Crippen molar-refractivity contribution in [3.63, 3.8) is 0 Å². The first-order chi connectivity index (χ1) is 10.7. The minimum atomic E-state index is -0.557. The fourth-order valence-electron chi connectivity index (χ4n) is 1.74. The minimum absolute atomic E-state index is 0.328. The molecule has 0 fully saturated rings. The maximum absolute atomic E-state index is 11.7. The van der Waals surface area contributed by atoms with E-state index in [4.69, 9.17) is 9.47 Å². The van der Waals surface area contributed by atoms with Gasteiger partial charge in [0.05, 0.1) is 12.7 Å². The van der Waals surface area contributed by atoms with Gasteiger partial charge < -0.3 is 14.8 Å². The van der Waals surface area contributed by atoms with Gasteiger partial charge in [-0.05, 0) is 29.8 Å². The molecule has 6 heteroatoms. The van der Waals surface area contributed by atoms with Crippen LogP contribution in [0, 0.1) is 0 Å². The van der Waals surface area contributed by atoms with E-state index in [1.165, 1.54) is 24.5 Å². The van der Waals surface area contributed by atoms with Crippen molar-refractivity contribution in [3.05, 3.63) is 59.9 Å². The van der Waals surface area contributed by atoms with Gasteiger partial charge in [0.15, 0.2) is 6.61 Å². The van der Waals surface area contributed by atoms with Crippen LogP contribution in [-0.2, 0) is 16.1 Å². The van der Waals surface area contributed by atoms with Gasteiger partial charge >= 0.3 is 5.97 Å². The average molecular weight is 300 g/mol. The molecule has 0 atom stereocenters. The van der Waals surface area contributed by atoms with Crippen LogP contribution < -0.4 is 10.1 Å². The number of pyridine rings is 1. The smallest absolute Gasteiger partial charge is 0.338 e. The molecule has 0 saturated carbocycles. The third-order valence-electron chi connectivity index (χ3n) is 2.87. The van der Waals surface area contributed by atoms with Crippen LogP contribution in [0.1, 0.15) is 15.9 Å². The highest BCUT2D eigenvalue weighted by atomic mass is 16.5. The van der Waals surface area contributed by atoms with Gasteiger partial charge in [-0.3, -0.25) is 9.78 Å². The average Bonchev–Trinajstić information content (AvgIpc) is 2.58. The summed E-state index contributed by atoms with van der Waals surface area (Å²) in [7, 11) is 1.58. The lowest BCUT2D eigenvalue weighted by atomic mass is 10.2. The van der Waals surface area contributed by atoms with Gasteiger partial charge in [0.2, 0.25) is 0 Å². The number of ether oxygens (including phenoxy) is 2. The van der Waals surface area contributed by atoms with Gasteiger partial charge in [0, 0.05) is 18.9 Å². The number of benzene rings is 1. The molecule has 6 nitrogen and oxygen atoms in total. The van der Waals surface area contributed by atoms with E-state index in [1.54, 1.807) is 7.11 Å². The molecule has 0 aliphatic heterocycles. The highest BCUT2D eigenvalue weighted by Crippen LogP contribution is 2.12. The molecule has 0 radical (unpaired) electrons. The summed E-state index contributed by atoms with van der Waals surface area (Å²) < 4.78 is 10.0. The van der Waals surface area contributed by atoms with Gasteiger partial charge in [-0.2, -0.15) is 0 Å². The van der Waals surface area contributed by atoms with Crippen LogP contribution in [0.15, 0.2) is 48.8 Å². The topological polar surface area (TPSA) is 77.5 Å². The highest BCUT2D eigenvalue weighted by molar-refractivity contribution is 5.91. The van der Waals surface area contributed by atoms with E-state index in [0.717, 1.165) is 11.3 Å². The Morgan fingerprint density at radius 2 is 1.95 bits per heavy atom. The molecule has 0 unspecified atom stereocenters. The maximum Gasteiger partial charge on any atom is 0.338 e. The number of aromatic nitrogens is 1. The first kappa shape index (κ1) is 15.5. The zero-order valence-corrected chi connectivity index (χ0v) is 12.1. The predicted octanol–water partition coefficient (Wildman–Crippen LogP) is 1.56. The Kier molecular flexibility index (Phi) is 5.48. The molecule has 0 bridgehead atoms. The Morgan fingerprint density at radius 1 is 1.18 bits per heavy atom. The zero-order valence-electron chi connectivity index (χ0n) is 12.1. The highest BCUT2D eigenvalue weighted by Gasteiger charge is 2.09.